The normalized spacial score (nSPS) is 14.4. The number of aryl methyl sites for hydroxylation is 1. The van der Waals surface area contributed by atoms with Gasteiger partial charge in [0, 0.05) is 35.9 Å². The number of hydrogen-bond acceptors (Lipinski definition) is 2. The van der Waals surface area contributed by atoms with E-state index in [0.29, 0.717) is 0 Å². The van der Waals surface area contributed by atoms with Gasteiger partial charge in [0.1, 0.15) is 0 Å². The van der Waals surface area contributed by atoms with Gasteiger partial charge < -0.3 is 5.32 Å². The molecule has 1 unspecified atom stereocenters. The Labute approximate surface area is 113 Å². The van der Waals surface area contributed by atoms with Gasteiger partial charge in [-0.05, 0) is 31.5 Å². The van der Waals surface area contributed by atoms with E-state index in [1.807, 2.05) is 42.3 Å². The molecule has 1 heterocycles. The quantitative estimate of drug-likeness (QED) is 0.915. The molecule has 1 N–H and O–H groups in total. The summed E-state index contributed by atoms with van der Waals surface area (Å²) < 4.78 is 1.82. The molecule has 0 aliphatic carbocycles. The zero-order valence-corrected chi connectivity index (χ0v) is 11.6. The van der Waals surface area contributed by atoms with Crippen LogP contribution in [0.15, 0.2) is 36.7 Å². The van der Waals surface area contributed by atoms with Gasteiger partial charge in [0.15, 0.2) is 0 Å². The van der Waals surface area contributed by atoms with Crippen LogP contribution in [-0.2, 0) is 7.05 Å². The van der Waals surface area contributed by atoms with Crippen molar-refractivity contribution in [3.8, 4) is 0 Å². The molecule has 0 fully saturated rings. The fraction of sp³-hybridized carbons (Fsp3) is 0.357. The molecule has 0 radical (unpaired) electrons. The molecule has 0 aliphatic rings. The first kappa shape index (κ1) is 13.1. The van der Waals surface area contributed by atoms with Gasteiger partial charge in [-0.1, -0.05) is 23.7 Å². The number of rotatable bonds is 4. The average Bonchev–Trinajstić information content (AvgIpc) is 2.76. The molecule has 96 valence electrons. The van der Waals surface area contributed by atoms with Crippen LogP contribution in [0.25, 0.3) is 0 Å². The van der Waals surface area contributed by atoms with Gasteiger partial charge in [-0.25, -0.2) is 0 Å². The van der Waals surface area contributed by atoms with Crippen molar-refractivity contribution in [2.45, 2.75) is 25.9 Å². The van der Waals surface area contributed by atoms with E-state index >= 15 is 0 Å². The first-order chi connectivity index (χ1) is 8.56. The third kappa shape index (κ3) is 3.12. The molecule has 1 aromatic carbocycles. The zero-order chi connectivity index (χ0) is 13.1. The Bertz CT molecular complexity index is 521. The first-order valence-corrected chi connectivity index (χ1v) is 6.44. The van der Waals surface area contributed by atoms with E-state index in [-0.39, 0.29) is 12.1 Å². The summed E-state index contributed by atoms with van der Waals surface area (Å²) in [5, 5.41) is 8.50. The van der Waals surface area contributed by atoms with Crippen LogP contribution in [0.5, 0.6) is 0 Å². The number of aromatic nitrogens is 2. The standard InChI is InChI=1S/C14H18ClN3/c1-10(12-5-4-6-14(15)7-12)17-11(2)13-8-16-18(3)9-13/h4-11,17H,1-3H3/t10-,11?/m0/s1. The third-order valence-electron chi connectivity index (χ3n) is 3.07. The van der Waals surface area contributed by atoms with Crippen molar-refractivity contribution in [2.75, 3.05) is 0 Å². The van der Waals surface area contributed by atoms with E-state index in [0.717, 1.165) is 5.02 Å². The molecule has 0 bridgehead atoms. The van der Waals surface area contributed by atoms with E-state index in [1.54, 1.807) is 0 Å². The van der Waals surface area contributed by atoms with Gasteiger partial charge in [-0.15, -0.1) is 0 Å². The highest BCUT2D eigenvalue weighted by molar-refractivity contribution is 6.30. The maximum atomic E-state index is 6.00. The smallest absolute Gasteiger partial charge is 0.0537 e. The highest BCUT2D eigenvalue weighted by Gasteiger charge is 2.12. The van der Waals surface area contributed by atoms with Gasteiger partial charge in [-0.2, -0.15) is 5.10 Å². The van der Waals surface area contributed by atoms with Crippen molar-refractivity contribution < 1.29 is 0 Å². The molecule has 2 rings (SSSR count). The number of benzene rings is 1. The Kier molecular flexibility index (Phi) is 4.04. The molecule has 0 saturated carbocycles. The second-order valence-electron chi connectivity index (χ2n) is 4.61. The van der Waals surface area contributed by atoms with Crippen molar-refractivity contribution in [1.29, 1.82) is 0 Å². The molecule has 0 spiro atoms. The Morgan fingerprint density at radius 2 is 1.94 bits per heavy atom. The fourth-order valence-electron chi connectivity index (χ4n) is 2.01. The molecule has 18 heavy (non-hydrogen) atoms. The molecular weight excluding hydrogens is 246 g/mol. The average molecular weight is 264 g/mol. The SMILES string of the molecule is CC(N[C@@H](C)c1cccc(Cl)c1)c1cnn(C)c1. The van der Waals surface area contributed by atoms with Crippen LogP contribution in [0.2, 0.25) is 5.02 Å². The lowest BCUT2D eigenvalue weighted by Gasteiger charge is -2.19. The van der Waals surface area contributed by atoms with Crippen LogP contribution >= 0.6 is 11.6 Å². The third-order valence-corrected chi connectivity index (χ3v) is 3.31. The molecule has 2 aromatic rings. The van der Waals surface area contributed by atoms with E-state index < -0.39 is 0 Å². The van der Waals surface area contributed by atoms with Gasteiger partial charge in [0.2, 0.25) is 0 Å². The van der Waals surface area contributed by atoms with Crippen molar-refractivity contribution >= 4 is 11.6 Å². The maximum Gasteiger partial charge on any atom is 0.0537 e. The van der Waals surface area contributed by atoms with Crippen LogP contribution in [0.4, 0.5) is 0 Å². The van der Waals surface area contributed by atoms with Crippen molar-refractivity contribution in [3.05, 3.63) is 52.8 Å². The van der Waals surface area contributed by atoms with Gasteiger partial charge >= 0.3 is 0 Å². The van der Waals surface area contributed by atoms with E-state index in [2.05, 4.69) is 30.3 Å². The Morgan fingerprint density at radius 3 is 2.56 bits per heavy atom. The van der Waals surface area contributed by atoms with Crippen LogP contribution < -0.4 is 5.32 Å². The predicted molar refractivity (Wildman–Crippen MR) is 74.6 cm³/mol. The second-order valence-corrected chi connectivity index (χ2v) is 5.05. The lowest BCUT2D eigenvalue weighted by atomic mass is 10.1. The zero-order valence-electron chi connectivity index (χ0n) is 10.9. The number of hydrogen-bond donors (Lipinski definition) is 1. The molecule has 2 atom stereocenters. The fourth-order valence-corrected chi connectivity index (χ4v) is 2.21. The van der Waals surface area contributed by atoms with Crippen LogP contribution in [0, 0.1) is 0 Å². The van der Waals surface area contributed by atoms with Gasteiger partial charge in [0.05, 0.1) is 6.20 Å². The van der Waals surface area contributed by atoms with Crippen molar-refractivity contribution in [2.24, 2.45) is 7.05 Å². The summed E-state index contributed by atoms with van der Waals surface area (Å²) in [5.74, 6) is 0. The number of nitrogens with zero attached hydrogens (tertiary/aromatic N) is 2. The largest absolute Gasteiger partial charge is 0.304 e. The van der Waals surface area contributed by atoms with Crippen LogP contribution in [0.1, 0.15) is 37.1 Å². The Hall–Kier alpha value is -1.32. The lowest BCUT2D eigenvalue weighted by molar-refractivity contribution is 0.494. The summed E-state index contributed by atoms with van der Waals surface area (Å²) in [6, 6.07) is 8.45. The molecule has 1 aromatic heterocycles. The van der Waals surface area contributed by atoms with E-state index in [9.17, 15) is 0 Å². The predicted octanol–water partition coefficient (Wildman–Crippen LogP) is 3.49. The van der Waals surface area contributed by atoms with Gasteiger partial charge in [0.25, 0.3) is 0 Å². The van der Waals surface area contributed by atoms with Crippen LogP contribution in [0.3, 0.4) is 0 Å². The highest BCUT2D eigenvalue weighted by atomic mass is 35.5. The minimum Gasteiger partial charge on any atom is -0.304 e. The van der Waals surface area contributed by atoms with E-state index in [4.69, 9.17) is 11.6 Å². The Morgan fingerprint density at radius 1 is 1.22 bits per heavy atom. The summed E-state index contributed by atoms with van der Waals surface area (Å²) in [6.07, 6.45) is 3.92. The topological polar surface area (TPSA) is 29.9 Å². The second kappa shape index (κ2) is 5.55. The summed E-state index contributed by atoms with van der Waals surface area (Å²) in [6.45, 7) is 4.27. The highest BCUT2D eigenvalue weighted by Crippen LogP contribution is 2.21. The molecule has 3 nitrogen and oxygen atoms in total. The van der Waals surface area contributed by atoms with E-state index in [1.165, 1.54) is 11.1 Å². The number of nitrogens with one attached hydrogen (secondary N) is 1. The minimum absolute atomic E-state index is 0.249. The lowest BCUT2D eigenvalue weighted by Crippen LogP contribution is -2.22. The molecule has 0 saturated heterocycles. The monoisotopic (exact) mass is 263 g/mol. The Balaban J connectivity index is 2.05. The summed E-state index contributed by atoms with van der Waals surface area (Å²) in [4.78, 5) is 0. The van der Waals surface area contributed by atoms with Gasteiger partial charge in [-0.3, -0.25) is 4.68 Å². The van der Waals surface area contributed by atoms with Crippen molar-refractivity contribution in [1.82, 2.24) is 15.1 Å². The molecule has 4 heteroatoms. The summed E-state index contributed by atoms with van der Waals surface area (Å²) in [7, 11) is 1.93. The van der Waals surface area contributed by atoms with Crippen LogP contribution in [-0.4, -0.2) is 9.78 Å². The molecule has 0 aliphatic heterocycles. The first-order valence-electron chi connectivity index (χ1n) is 6.06. The number of halogens is 1. The molecule has 0 amide bonds. The summed E-state index contributed by atoms with van der Waals surface area (Å²) >= 11 is 6.00. The summed E-state index contributed by atoms with van der Waals surface area (Å²) in [5.41, 5.74) is 2.38. The minimum atomic E-state index is 0.249. The maximum absolute atomic E-state index is 6.00. The van der Waals surface area contributed by atoms with Crippen molar-refractivity contribution in [3.63, 3.8) is 0 Å². The molecular formula is C14H18ClN3.